The fourth-order valence-corrected chi connectivity index (χ4v) is 2.53. The van der Waals surface area contributed by atoms with Gasteiger partial charge in [-0.15, -0.1) is 0 Å². The summed E-state index contributed by atoms with van der Waals surface area (Å²) in [6.45, 7) is 4.34. The first kappa shape index (κ1) is 15.2. The molecule has 1 atom stereocenters. The maximum Gasteiger partial charge on any atom is 0.169 e. The van der Waals surface area contributed by atoms with Gasteiger partial charge in [-0.2, -0.15) is 0 Å². The standard InChI is InChI=1S/C12H16F2O3S/c1-3-16-12(17-4-2)8-18(15)11-7-9(13)5-6-10(11)14/h5-7,12H,3-4,8H2,1-2H3. The minimum absolute atomic E-state index is 0.0257. The van der Waals surface area contributed by atoms with E-state index in [2.05, 4.69) is 0 Å². The van der Waals surface area contributed by atoms with Crippen LogP contribution in [0, 0.1) is 11.6 Å². The topological polar surface area (TPSA) is 35.5 Å². The molecule has 0 N–H and O–H groups in total. The molecule has 1 rings (SSSR count). The first-order valence-electron chi connectivity index (χ1n) is 5.65. The van der Waals surface area contributed by atoms with Crippen LogP contribution in [-0.2, 0) is 20.3 Å². The molecular weight excluding hydrogens is 262 g/mol. The van der Waals surface area contributed by atoms with Crippen molar-refractivity contribution >= 4 is 10.8 Å². The predicted octanol–water partition coefficient (Wildman–Crippen LogP) is 2.47. The van der Waals surface area contributed by atoms with Gasteiger partial charge in [0.1, 0.15) is 11.6 Å². The van der Waals surface area contributed by atoms with Gasteiger partial charge < -0.3 is 9.47 Å². The lowest BCUT2D eigenvalue weighted by atomic mass is 10.3. The van der Waals surface area contributed by atoms with Gasteiger partial charge >= 0.3 is 0 Å². The fourth-order valence-electron chi connectivity index (χ4n) is 1.38. The van der Waals surface area contributed by atoms with Crippen LogP contribution in [0.4, 0.5) is 8.78 Å². The molecule has 0 heterocycles. The van der Waals surface area contributed by atoms with Gasteiger partial charge in [-0.3, -0.25) is 4.21 Å². The summed E-state index contributed by atoms with van der Waals surface area (Å²) in [5, 5.41) is 0. The van der Waals surface area contributed by atoms with Gasteiger partial charge in [-0.05, 0) is 32.0 Å². The average Bonchev–Trinajstić information content (AvgIpc) is 2.33. The molecule has 0 aliphatic heterocycles. The van der Waals surface area contributed by atoms with Crippen molar-refractivity contribution in [1.82, 2.24) is 0 Å². The normalized spacial score (nSPS) is 12.9. The van der Waals surface area contributed by atoms with Crippen molar-refractivity contribution in [1.29, 1.82) is 0 Å². The zero-order valence-electron chi connectivity index (χ0n) is 10.3. The van der Waals surface area contributed by atoms with Gasteiger partial charge in [0.05, 0.1) is 21.4 Å². The number of hydrogen-bond acceptors (Lipinski definition) is 3. The summed E-state index contributed by atoms with van der Waals surface area (Å²) in [6, 6.07) is 2.87. The predicted molar refractivity (Wildman–Crippen MR) is 64.7 cm³/mol. The molecule has 3 nitrogen and oxygen atoms in total. The van der Waals surface area contributed by atoms with Crippen molar-refractivity contribution in [2.45, 2.75) is 25.0 Å². The Morgan fingerprint density at radius 2 is 1.83 bits per heavy atom. The maximum atomic E-state index is 13.4. The Hall–Kier alpha value is -0.850. The summed E-state index contributed by atoms with van der Waals surface area (Å²) in [4.78, 5) is -0.167. The second kappa shape index (κ2) is 7.56. The van der Waals surface area contributed by atoms with Crippen LogP contribution in [0.2, 0.25) is 0 Å². The summed E-state index contributed by atoms with van der Waals surface area (Å²) in [6.07, 6.45) is -0.677. The smallest absolute Gasteiger partial charge is 0.169 e. The second-order valence-electron chi connectivity index (χ2n) is 3.43. The molecule has 0 aliphatic rings. The third-order valence-corrected chi connectivity index (χ3v) is 3.51. The van der Waals surface area contributed by atoms with Crippen molar-refractivity contribution in [3.8, 4) is 0 Å². The zero-order chi connectivity index (χ0) is 13.5. The van der Waals surface area contributed by atoms with Crippen LogP contribution in [0.5, 0.6) is 0 Å². The molecule has 0 aliphatic carbocycles. The molecule has 0 fully saturated rings. The highest BCUT2D eigenvalue weighted by Crippen LogP contribution is 2.15. The first-order chi connectivity index (χ1) is 8.58. The number of ether oxygens (including phenoxy) is 2. The van der Waals surface area contributed by atoms with E-state index >= 15 is 0 Å². The van der Waals surface area contributed by atoms with Gasteiger partial charge in [0.25, 0.3) is 0 Å². The average molecular weight is 278 g/mol. The SMILES string of the molecule is CCOC(CS(=O)c1cc(F)ccc1F)OCC. The molecule has 0 amide bonds. The van der Waals surface area contributed by atoms with E-state index in [0.29, 0.717) is 13.2 Å². The van der Waals surface area contributed by atoms with Gasteiger partial charge in [0.2, 0.25) is 0 Å². The van der Waals surface area contributed by atoms with Crippen molar-refractivity contribution in [2.24, 2.45) is 0 Å². The Kier molecular flexibility index (Phi) is 6.38. The minimum atomic E-state index is -1.70. The van der Waals surface area contributed by atoms with E-state index in [1.54, 1.807) is 13.8 Å². The largest absolute Gasteiger partial charge is 0.352 e. The molecule has 102 valence electrons. The van der Waals surface area contributed by atoms with E-state index in [4.69, 9.17) is 9.47 Å². The Bertz CT molecular complexity index is 406. The molecule has 1 unspecified atom stereocenters. The van der Waals surface area contributed by atoms with Crippen molar-refractivity contribution < 1.29 is 22.5 Å². The van der Waals surface area contributed by atoms with E-state index < -0.39 is 28.7 Å². The van der Waals surface area contributed by atoms with E-state index in [9.17, 15) is 13.0 Å². The Labute approximate surface area is 108 Å². The summed E-state index contributed by atoms with van der Waals surface area (Å²) in [5.74, 6) is -1.34. The Balaban J connectivity index is 2.76. The minimum Gasteiger partial charge on any atom is -0.352 e. The Morgan fingerprint density at radius 1 is 1.22 bits per heavy atom. The van der Waals surface area contributed by atoms with Gasteiger partial charge in [0.15, 0.2) is 6.29 Å². The van der Waals surface area contributed by atoms with E-state index in [0.717, 1.165) is 18.2 Å². The van der Waals surface area contributed by atoms with E-state index in [1.165, 1.54) is 0 Å². The van der Waals surface area contributed by atoms with Crippen LogP contribution >= 0.6 is 0 Å². The molecule has 0 saturated carbocycles. The first-order valence-corrected chi connectivity index (χ1v) is 6.97. The third-order valence-electron chi connectivity index (χ3n) is 2.13. The summed E-state index contributed by atoms with van der Waals surface area (Å²) >= 11 is 0. The molecular formula is C12H16F2O3S. The van der Waals surface area contributed by atoms with E-state index in [-0.39, 0.29) is 10.6 Å². The van der Waals surface area contributed by atoms with Gasteiger partial charge in [0, 0.05) is 13.2 Å². The molecule has 18 heavy (non-hydrogen) atoms. The highest BCUT2D eigenvalue weighted by Gasteiger charge is 2.17. The number of hydrogen-bond donors (Lipinski definition) is 0. The third kappa shape index (κ3) is 4.44. The molecule has 0 bridgehead atoms. The summed E-state index contributed by atoms with van der Waals surface area (Å²) in [5.41, 5.74) is 0. The molecule has 0 aromatic heterocycles. The monoisotopic (exact) mass is 278 g/mol. The van der Waals surface area contributed by atoms with Crippen LogP contribution in [0.25, 0.3) is 0 Å². The van der Waals surface area contributed by atoms with Crippen LogP contribution in [0.15, 0.2) is 23.1 Å². The Morgan fingerprint density at radius 3 is 2.39 bits per heavy atom. The number of halogens is 2. The number of rotatable bonds is 7. The lowest BCUT2D eigenvalue weighted by Crippen LogP contribution is -2.24. The van der Waals surface area contributed by atoms with Crippen molar-refractivity contribution in [2.75, 3.05) is 19.0 Å². The second-order valence-corrected chi connectivity index (χ2v) is 4.89. The summed E-state index contributed by atoms with van der Waals surface area (Å²) in [7, 11) is -1.70. The lowest BCUT2D eigenvalue weighted by Gasteiger charge is -2.16. The highest BCUT2D eigenvalue weighted by molar-refractivity contribution is 7.85. The lowest BCUT2D eigenvalue weighted by molar-refractivity contribution is -0.120. The molecule has 0 saturated heterocycles. The zero-order valence-corrected chi connectivity index (χ0v) is 11.1. The summed E-state index contributed by atoms with van der Waals surface area (Å²) < 4.78 is 48.7. The molecule has 1 aromatic carbocycles. The molecule has 0 spiro atoms. The van der Waals surface area contributed by atoms with Gasteiger partial charge in [-0.1, -0.05) is 0 Å². The van der Waals surface area contributed by atoms with E-state index in [1.807, 2.05) is 0 Å². The molecule has 6 heteroatoms. The number of benzene rings is 1. The van der Waals surface area contributed by atoms with Crippen molar-refractivity contribution in [3.05, 3.63) is 29.8 Å². The maximum absolute atomic E-state index is 13.4. The van der Waals surface area contributed by atoms with Gasteiger partial charge in [-0.25, -0.2) is 8.78 Å². The molecule has 0 radical (unpaired) electrons. The van der Waals surface area contributed by atoms with Crippen LogP contribution in [0.3, 0.4) is 0 Å². The molecule has 1 aromatic rings. The fraction of sp³-hybridized carbons (Fsp3) is 0.500. The van der Waals surface area contributed by atoms with Crippen LogP contribution in [0.1, 0.15) is 13.8 Å². The van der Waals surface area contributed by atoms with Crippen LogP contribution < -0.4 is 0 Å². The van der Waals surface area contributed by atoms with Crippen molar-refractivity contribution in [3.63, 3.8) is 0 Å². The highest BCUT2D eigenvalue weighted by atomic mass is 32.2. The quantitative estimate of drug-likeness (QED) is 0.719. The van der Waals surface area contributed by atoms with Crippen LogP contribution in [-0.4, -0.2) is 29.5 Å².